The number of fused-ring (bicyclic) bond motifs is 1. The van der Waals surface area contributed by atoms with Crippen LogP contribution >= 0.6 is 0 Å². The topological polar surface area (TPSA) is 173 Å². The van der Waals surface area contributed by atoms with Crippen LogP contribution in [0.4, 0.5) is 0 Å². The van der Waals surface area contributed by atoms with Crippen LogP contribution in [0.5, 0.6) is 0 Å². The van der Waals surface area contributed by atoms with Crippen LogP contribution in [0.3, 0.4) is 0 Å². The van der Waals surface area contributed by atoms with E-state index in [0.29, 0.717) is 6.42 Å². The van der Waals surface area contributed by atoms with Gasteiger partial charge in [0, 0.05) is 27.1 Å². The summed E-state index contributed by atoms with van der Waals surface area (Å²) in [5, 5.41) is 13.2. The fraction of sp³-hybridized carbons (Fsp3) is 0.688. The lowest BCUT2D eigenvalue weighted by molar-refractivity contribution is -0.176. The molecule has 14 heteroatoms. The number of carbonyl (C=O) groups is 5. The number of nitrogens with zero attached hydrogens (tertiary/aromatic N) is 3. The Morgan fingerprint density at radius 3 is 2.53 bits per heavy atom. The maximum absolute atomic E-state index is 13.1. The van der Waals surface area contributed by atoms with Crippen LogP contribution in [0.1, 0.15) is 32.1 Å². The summed E-state index contributed by atoms with van der Waals surface area (Å²) in [6.45, 7) is 0.174. The summed E-state index contributed by atoms with van der Waals surface area (Å²) in [6, 6.07) is -3.75. The molecule has 2 aliphatic heterocycles. The smallest absolute Gasteiger partial charge is 0.305 e. The number of hydrogen-bond donors (Lipinski definition) is 3. The van der Waals surface area contributed by atoms with Gasteiger partial charge in [-0.15, -0.1) is 0 Å². The first-order chi connectivity index (χ1) is 14.0. The molecule has 2 heterocycles. The third-order valence-corrected chi connectivity index (χ3v) is 6.37. The highest BCUT2D eigenvalue weighted by Gasteiger charge is 2.45. The lowest BCUT2D eigenvalue weighted by atomic mass is 10.1. The molecule has 0 aromatic carbocycles. The lowest BCUT2D eigenvalue weighted by Gasteiger charge is -2.43. The first kappa shape index (κ1) is 23.7. The van der Waals surface area contributed by atoms with Crippen molar-refractivity contribution in [3.05, 3.63) is 0 Å². The third-order valence-electron chi connectivity index (χ3n) is 4.82. The predicted octanol–water partition coefficient (Wildman–Crippen LogP) is -2.56. The Kier molecular flexibility index (Phi) is 7.49. The highest BCUT2D eigenvalue weighted by Crippen LogP contribution is 2.25. The van der Waals surface area contributed by atoms with Crippen molar-refractivity contribution in [1.29, 1.82) is 0 Å². The Morgan fingerprint density at radius 1 is 1.30 bits per heavy atom. The van der Waals surface area contributed by atoms with Crippen molar-refractivity contribution >= 4 is 40.2 Å². The van der Waals surface area contributed by atoms with Crippen molar-refractivity contribution in [3.8, 4) is 0 Å². The average Bonchev–Trinajstić information content (AvgIpc) is 2.78. The first-order valence-electron chi connectivity index (χ1n) is 9.28. The molecular formula is C16H25N5O8S. The van der Waals surface area contributed by atoms with Crippen molar-refractivity contribution in [1.82, 2.24) is 24.4 Å². The predicted molar refractivity (Wildman–Crippen MR) is 101 cm³/mol. The van der Waals surface area contributed by atoms with Gasteiger partial charge in [0.1, 0.15) is 18.4 Å². The largest absolute Gasteiger partial charge is 0.481 e. The van der Waals surface area contributed by atoms with E-state index in [4.69, 9.17) is 5.11 Å². The van der Waals surface area contributed by atoms with E-state index in [1.165, 1.54) is 14.1 Å². The Labute approximate surface area is 173 Å². The molecule has 2 aliphatic rings. The SMILES string of the molecule is CN(C)S(=O)(=O)NC1CCC(=O)N2CCCC(C(=O)NC(C=O)CC(=O)O)N2C1=O. The molecule has 2 saturated heterocycles. The summed E-state index contributed by atoms with van der Waals surface area (Å²) in [5.74, 6) is -3.30. The number of aldehydes is 1. The third kappa shape index (κ3) is 5.31. The molecule has 0 saturated carbocycles. The molecule has 0 radical (unpaired) electrons. The molecule has 0 aromatic rings. The fourth-order valence-electron chi connectivity index (χ4n) is 3.27. The van der Waals surface area contributed by atoms with Gasteiger partial charge in [0.15, 0.2) is 0 Å². The summed E-state index contributed by atoms with van der Waals surface area (Å²) in [7, 11) is -1.43. The fourth-order valence-corrected chi connectivity index (χ4v) is 4.06. The number of carbonyl (C=O) groups excluding carboxylic acids is 4. The number of hydrogen-bond acceptors (Lipinski definition) is 7. The van der Waals surface area contributed by atoms with E-state index in [1.54, 1.807) is 0 Å². The number of nitrogens with one attached hydrogen (secondary N) is 2. The maximum atomic E-state index is 13.1. The van der Waals surface area contributed by atoms with Crippen LogP contribution < -0.4 is 10.0 Å². The molecular weight excluding hydrogens is 422 g/mol. The van der Waals surface area contributed by atoms with Gasteiger partial charge in [-0.3, -0.25) is 24.2 Å². The lowest BCUT2D eigenvalue weighted by Crippen LogP contribution is -2.64. The van der Waals surface area contributed by atoms with E-state index >= 15 is 0 Å². The quantitative estimate of drug-likeness (QED) is 0.341. The molecule has 0 aliphatic carbocycles. The maximum Gasteiger partial charge on any atom is 0.305 e. The highest BCUT2D eigenvalue weighted by atomic mass is 32.2. The van der Waals surface area contributed by atoms with Gasteiger partial charge < -0.3 is 15.2 Å². The van der Waals surface area contributed by atoms with E-state index in [0.717, 1.165) is 14.3 Å². The van der Waals surface area contributed by atoms with E-state index in [2.05, 4.69) is 10.0 Å². The molecule has 0 spiro atoms. The van der Waals surface area contributed by atoms with Gasteiger partial charge in [-0.05, 0) is 19.3 Å². The van der Waals surface area contributed by atoms with Crippen LogP contribution in [0.2, 0.25) is 0 Å². The van der Waals surface area contributed by atoms with Crippen molar-refractivity contribution < 1.29 is 37.5 Å². The molecule has 3 amide bonds. The molecule has 3 unspecified atom stereocenters. The molecule has 13 nitrogen and oxygen atoms in total. The van der Waals surface area contributed by atoms with Crippen molar-refractivity contribution in [2.24, 2.45) is 0 Å². The normalized spacial score (nSPS) is 23.6. The Balaban J connectivity index is 2.29. The van der Waals surface area contributed by atoms with Crippen LogP contribution in [-0.2, 0) is 34.2 Å². The van der Waals surface area contributed by atoms with E-state index in [9.17, 15) is 32.4 Å². The zero-order valence-electron chi connectivity index (χ0n) is 16.6. The van der Waals surface area contributed by atoms with Gasteiger partial charge in [-0.2, -0.15) is 17.4 Å². The Morgan fingerprint density at radius 2 is 1.97 bits per heavy atom. The minimum atomic E-state index is -3.98. The second-order valence-electron chi connectivity index (χ2n) is 7.20. The monoisotopic (exact) mass is 447 g/mol. The second-order valence-corrected chi connectivity index (χ2v) is 9.12. The van der Waals surface area contributed by atoms with Gasteiger partial charge in [-0.1, -0.05) is 0 Å². The minimum Gasteiger partial charge on any atom is -0.481 e. The minimum absolute atomic E-state index is 0.0813. The van der Waals surface area contributed by atoms with Crippen molar-refractivity contribution in [2.75, 3.05) is 20.6 Å². The number of aliphatic carboxylic acids is 1. The molecule has 2 rings (SSSR count). The second kappa shape index (κ2) is 9.49. The zero-order chi connectivity index (χ0) is 22.6. The first-order valence-corrected chi connectivity index (χ1v) is 10.7. The summed E-state index contributed by atoms with van der Waals surface area (Å²) >= 11 is 0. The molecule has 3 atom stereocenters. The highest BCUT2D eigenvalue weighted by molar-refractivity contribution is 7.87. The summed E-state index contributed by atoms with van der Waals surface area (Å²) < 4.78 is 27.5. The van der Waals surface area contributed by atoms with Gasteiger partial charge in [-0.25, -0.2) is 5.01 Å². The number of carboxylic acids is 1. The van der Waals surface area contributed by atoms with Crippen LogP contribution in [0.25, 0.3) is 0 Å². The van der Waals surface area contributed by atoms with Crippen LogP contribution in [-0.4, -0.2) is 96.6 Å². The Hall–Kier alpha value is -2.58. The number of carboxylic acid groups (broad SMARTS) is 1. The van der Waals surface area contributed by atoms with E-state index in [-0.39, 0.29) is 32.1 Å². The molecule has 3 N–H and O–H groups in total. The van der Waals surface area contributed by atoms with E-state index in [1.807, 2.05) is 0 Å². The van der Waals surface area contributed by atoms with Gasteiger partial charge >= 0.3 is 5.97 Å². The molecule has 0 aromatic heterocycles. The number of amides is 3. The average molecular weight is 447 g/mol. The molecule has 0 bridgehead atoms. The van der Waals surface area contributed by atoms with Gasteiger partial charge in [0.2, 0.25) is 11.8 Å². The van der Waals surface area contributed by atoms with Crippen LogP contribution in [0, 0.1) is 0 Å². The summed E-state index contributed by atoms with van der Waals surface area (Å²) in [4.78, 5) is 60.3. The zero-order valence-corrected chi connectivity index (χ0v) is 17.4. The van der Waals surface area contributed by atoms with Crippen LogP contribution in [0.15, 0.2) is 0 Å². The summed E-state index contributed by atoms with van der Waals surface area (Å²) in [5.41, 5.74) is 0. The Bertz CT molecular complexity index is 829. The van der Waals surface area contributed by atoms with Crippen molar-refractivity contribution in [2.45, 2.75) is 50.2 Å². The van der Waals surface area contributed by atoms with Crippen molar-refractivity contribution in [3.63, 3.8) is 0 Å². The molecule has 2 fully saturated rings. The molecule has 168 valence electrons. The summed E-state index contributed by atoms with van der Waals surface area (Å²) in [6.07, 6.45) is 0.00854. The van der Waals surface area contributed by atoms with Gasteiger partial charge in [0.25, 0.3) is 16.1 Å². The molecule has 30 heavy (non-hydrogen) atoms. The number of hydrazine groups is 1. The van der Waals surface area contributed by atoms with E-state index < -0.39 is 58.4 Å². The number of rotatable bonds is 8. The standard InChI is InChI=1S/C16H25N5O8S/c1-19(2)30(28,29)18-11-5-6-13(23)20-7-3-4-12(21(20)16(11)27)15(26)17-10(9-22)8-14(24)25/h9-12,18H,3-8H2,1-2H3,(H,17,26)(H,24,25). The van der Waals surface area contributed by atoms with Gasteiger partial charge in [0.05, 0.1) is 12.5 Å².